The summed E-state index contributed by atoms with van der Waals surface area (Å²) in [7, 11) is 0. The lowest BCUT2D eigenvalue weighted by Crippen LogP contribution is -2.56. The molecule has 0 aromatic heterocycles. The Bertz CT molecular complexity index is 2760. The summed E-state index contributed by atoms with van der Waals surface area (Å²) in [5.74, 6) is 0.882. The summed E-state index contributed by atoms with van der Waals surface area (Å²) in [4.78, 5) is 74.1. The summed E-state index contributed by atoms with van der Waals surface area (Å²) >= 11 is 45.7. The van der Waals surface area contributed by atoms with E-state index in [4.69, 9.17) is 107 Å². The fraction of sp³-hybridized carbons (Fsp3) is 0.527. The maximum Gasteiger partial charge on any atom is 0.410 e. The van der Waals surface area contributed by atoms with Crippen LogP contribution in [0.5, 0.6) is 0 Å². The van der Waals surface area contributed by atoms with Gasteiger partial charge in [-0.3, -0.25) is 24.4 Å². The quantitative estimate of drug-likeness (QED) is 0.141. The fourth-order valence-corrected chi connectivity index (χ4v) is 10.2. The number of likely N-dealkylation sites (tertiary alicyclic amines) is 2. The van der Waals surface area contributed by atoms with Gasteiger partial charge >= 0.3 is 12.2 Å². The molecule has 0 radical (unpaired) electrons. The molecule has 438 valence electrons. The second-order valence-corrected chi connectivity index (χ2v) is 24.5. The van der Waals surface area contributed by atoms with Gasteiger partial charge in [0, 0.05) is 88.6 Å². The molecule has 0 bridgehead atoms. The lowest BCUT2D eigenvalue weighted by atomic mass is 9.88. The number of nitriles is 1. The van der Waals surface area contributed by atoms with Crippen LogP contribution in [-0.2, 0) is 43.1 Å². The van der Waals surface area contributed by atoms with Crippen LogP contribution in [0.3, 0.4) is 0 Å². The molecule has 3 aromatic rings. The Morgan fingerprint density at radius 1 is 0.650 bits per heavy atom. The number of aliphatic imine (C=N–C) groups is 2. The van der Waals surface area contributed by atoms with Crippen molar-refractivity contribution < 1.29 is 38.6 Å². The van der Waals surface area contributed by atoms with Gasteiger partial charge in [0.05, 0.1) is 17.8 Å². The van der Waals surface area contributed by atoms with Crippen molar-refractivity contribution in [3.05, 3.63) is 101 Å². The fourth-order valence-electron chi connectivity index (χ4n) is 8.74. The molecule has 0 saturated carbocycles. The van der Waals surface area contributed by atoms with Crippen LogP contribution in [0.2, 0.25) is 30.1 Å². The number of nitrogens with zero attached hydrogens (tertiary/aromatic N) is 5. The summed E-state index contributed by atoms with van der Waals surface area (Å²) in [6.07, 6.45) is 3.34. The molecule has 5 amide bonds. The number of hydrogen-bond donors (Lipinski definition) is 5. The van der Waals surface area contributed by atoms with Gasteiger partial charge in [-0.2, -0.15) is 5.26 Å². The number of aliphatic hydroxyl groups excluding tert-OH is 1. The summed E-state index contributed by atoms with van der Waals surface area (Å²) in [5, 5.41) is 32.4. The molecule has 80 heavy (non-hydrogen) atoms. The van der Waals surface area contributed by atoms with E-state index in [-0.39, 0.29) is 42.2 Å². The first-order chi connectivity index (χ1) is 37.5. The molecule has 2 spiro atoms. The van der Waals surface area contributed by atoms with E-state index in [2.05, 4.69) is 37.3 Å². The summed E-state index contributed by atoms with van der Waals surface area (Å²) in [6, 6.07) is 17.8. The van der Waals surface area contributed by atoms with Crippen molar-refractivity contribution in [1.82, 2.24) is 31.1 Å². The second kappa shape index (κ2) is 30.8. The Morgan fingerprint density at radius 3 is 1.35 bits per heavy atom. The molecule has 0 aliphatic carbocycles. The molecule has 5 aliphatic rings. The number of rotatable bonds is 7. The first-order valence-corrected chi connectivity index (χ1v) is 29.1. The van der Waals surface area contributed by atoms with Crippen molar-refractivity contribution in [3.8, 4) is 6.07 Å². The van der Waals surface area contributed by atoms with Crippen LogP contribution in [0.1, 0.15) is 104 Å². The Kier molecular flexibility index (Phi) is 26.3. The van der Waals surface area contributed by atoms with Gasteiger partial charge in [0.2, 0.25) is 5.91 Å². The van der Waals surface area contributed by atoms with Crippen LogP contribution < -0.4 is 21.3 Å². The highest BCUT2D eigenvalue weighted by atomic mass is 35.5. The Balaban J connectivity index is 0.000000248. The number of carbonyl (C=O) groups is 5. The number of alkyl halides is 2. The minimum Gasteiger partial charge on any atom is -0.444 e. The summed E-state index contributed by atoms with van der Waals surface area (Å²) in [6.45, 7) is 16.0. The molecule has 5 aliphatic heterocycles. The Hall–Kier alpha value is -4.32. The van der Waals surface area contributed by atoms with Gasteiger partial charge in [-0.1, -0.05) is 87.8 Å². The van der Waals surface area contributed by atoms with Crippen LogP contribution in [0.15, 0.2) is 64.6 Å². The molecule has 5 N–H and O–H groups in total. The van der Waals surface area contributed by atoms with Gasteiger partial charge in [0.1, 0.15) is 39.5 Å². The van der Waals surface area contributed by atoms with Crippen molar-refractivity contribution >= 4 is 134 Å². The standard InChI is InChI=1S/2C19H23Cl2N3O3.C14H15Cl2N3O.C2H6O.CH2Cl2/c1-18(2,3)27-17(26)24-8-6-19(7-9-24)16(25)22-15(23-19)10-12-4-5-13(20)11-14(12)21;1-18(2,3)27-17(26)24-8-6-19(12-22,7-9-24)23-16(25)10-13-4-5-14(20)11-15(13)21;15-10-2-1-9(11(16)8-10)7-12-18-13(20)14(19-12)3-5-17-6-4-14;1-2-3;2-1-3/h4-5,11H,6-10H2,1-3H3,(H,22,23,25);4-5,11H,6-10H2,1-3H3,(H,23,25);1-2,8,17H,3-7H2,(H,18,19,20);3H,2H2,1H3;1H2. The van der Waals surface area contributed by atoms with E-state index in [0.717, 1.165) is 37.1 Å². The number of nitrogens with one attached hydrogen (secondary N) is 4. The van der Waals surface area contributed by atoms with Gasteiger partial charge in [-0.05, 0) is 140 Å². The first-order valence-electron chi connectivity index (χ1n) is 25.8. The van der Waals surface area contributed by atoms with Crippen molar-refractivity contribution in [2.45, 2.75) is 134 Å². The van der Waals surface area contributed by atoms with E-state index in [0.29, 0.717) is 112 Å². The van der Waals surface area contributed by atoms with Crippen LogP contribution in [0, 0.1) is 11.3 Å². The topological polar surface area (TPSA) is 227 Å². The van der Waals surface area contributed by atoms with Gasteiger partial charge in [0.15, 0.2) is 0 Å². The lowest BCUT2D eigenvalue weighted by Gasteiger charge is -2.38. The number of ether oxygens (including phenoxy) is 2. The van der Waals surface area contributed by atoms with Crippen LogP contribution in [0.25, 0.3) is 0 Å². The van der Waals surface area contributed by atoms with Gasteiger partial charge in [0.25, 0.3) is 11.8 Å². The smallest absolute Gasteiger partial charge is 0.410 e. The van der Waals surface area contributed by atoms with E-state index >= 15 is 0 Å². The molecule has 0 unspecified atom stereocenters. The minimum absolute atomic E-state index is 0.0130. The SMILES string of the molecule is CC(C)(C)OC(=O)N1CCC(C#N)(NC(=O)Cc2ccc(Cl)cc2Cl)CC1.CC(C)(C)OC(=O)N1CCC2(CC1)N=C(Cc1ccc(Cl)cc1Cl)NC2=O.CCO.ClCCl.O=C1NC(Cc2ccc(Cl)cc2Cl)=NC12CCNCC2. The monoisotopic (exact) mass is 1260 g/mol. The number of benzene rings is 3. The van der Waals surface area contributed by atoms with Crippen LogP contribution in [0.4, 0.5) is 9.59 Å². The normalized spacial score (nSPS) is 17.6. The number of amides is 5. The third-order valence-corrected chi connectivity index (χ3v) is 14.5. The number of aliphatic hydroxyl groups is 1. The molecule has 25 heteroatoms. The average Bonchev–Trinajstić information content (AvgIpc) is 3.85. The van der Waals surface area contributed by atoms with Gasteiger partial charge < -0.3 is 45.6 Å². The van der Waals surface area contributed by atoms with E-state index in [1.54, 1.807) is 80.0 Å². The highest BCUT2D eigenvalue weighted by Crippen LogP contribution is 2.33. The number of piperidine rings is 3. The molecular weight excluding hydrogens is 1200 g/mol. The lowest BCUT2D eigenvalue weighted by molar-refractivity contribution is -0.125. The zero-order valence-corrected chi connectivity index (χ0v) is 51.8. The third kappa shape index (κ3) is 20.8. The zero-order chi connectivity index (χ0) is 59.6. The molecule has 0 atom stereocenters. The van der Waals surface area contributed by atoms with E-state index in [9.17, 15) is 29.2 Å². The predicted octanol–water partition coefficient (Wildman–Crippen LogP) is 11.4. The molecule has 3 fully saturated rings. The average molecular weight is 1270 g/mol. The van der Waals surface area contributed by atoms with E-state index in [1.807, 2.05) is 32.9 Å². The van der Waals surface area contributed by atoms with Crippen molar-refractivity contribution in [3.63, 3.8) is 0 Å². The van der Waals surface area contributed by atoms with E-state index < -0.39 is 33.9 Å². The van der Waals surface area contributed by atoms with E-state index in [1.165, 1.54) is 0 Å². The van der Waals surface area contributed by atoms with Gasteiger partial charge in [-0.15, -0.1) is 23.2 Å². The van der Waals surface area contributed by atoms with Crippen molar-refractivity contribution in [2.75, 3.05) is 51.2 Å². The molecule has 3 aromatic carbocycles. The van der Waals surface area contributed by atoms with Gasteiger partial charge in [-0.25, -0.2) is 9.59 Å². The Morgan fingerprint density at radius 2 is 1.00 bits per heavy atom. The predicted molar refractivity (Wildman–Crippen MR) is 319 cm³/mol. The minimum atomic E-state index is -1.01. The summed E-state index contributed by atoms with van der Waals surface area (Å²) < 4.78 is 10.8. The van der Waals surface area contributed by atoms with Crippen molar-refractivity contribution in [1.29, 1.82) is 5.26 Å². The maximum atomic E-state index is 12.6. The van der Waals surface area contributed by atoms with Crippen LogP contribution >= 0.6 is 92.8 Å². The molecular formula is C55H69Cl8N9O8. The number of halogens is 8. The first kappa shape index (κ1) is 68.2. The summed E-state index contributed by atoms with van der Waals surface area (Å²) in [5.41, 5.74) is -1.10. The molecule has 17 nitrogen and oxygen atoms in total. The largest absolute Gasteiger partial charge is 0.444 e. The number of carbonyl (C=O) groups excluding carboxylic acids is 5. The second-order valence-electron chi connectivity index (χ2n) is 21.2. The van der Waals surface area contributed by atoms with Crippen molar-refractivity contribution in [2.24, 2.45) is 9.98 Å². The molecule has 5 heterocycles. The zero-order valence-electron chi connectivity index (χ0n) is 45.8. The van der Waals surface area contributed by atoms with Crippen LogP contribution in [-0.4, -0.2) is 136 Å². The number of amidine groups is 2. The highest BCUT2D eigenvalue weighted by Gasteiger charge is 2.47. The Labute approximate surface area is 508 Å². The number of hydrogen-bond acceptors (Lipinski definition) is 12. The highest BCUT2D eigenvalue weighted by molar-refractivity contribution is 6.40. The third-order valence-electron chi connectivity index (χ3n) is 12.7. The maximum absolute atomic E-state index is 12.6. The molecule has 3 saturated heterocycles. The molecule has 8 rings (SSSR count).